The third kappa shape index (κ3) is 0.358. The lowest BCUT2D eigenvalue weighted by Gasteiger charge is -1.95. The average Bonchev–Trinajstić information content (AvgIpc) is 2.39. The van der Waals surface area contributed by atoms with Gasteiger partial charge in [-0.05, 0) is 19.3 Å². The van der Waals surface area contributed by atoms with Crippen LogP contribution in [0.1, 0.15) is 12.8 Å². The Labute approximate surface area is 48.3 Å². The standard InChI is InChI=1S/C6H8NO/c8-5-6(1-2-6)3-4-7-5/h1H,2-4H2,(H,7,8). The summed E-state index contributed by atoms with van der Waals surface area (Å²) in [5.41, 5.74) is 0.0278. The SMILES string of the molecule is O=C1NCCC12[CH]C2. The van der Waals surface area contributed by atoms with E-state index >= 15 is 0 Å². The van der Waals surface area contributed by atoms with Gasteiger partial charge in [-0.2, -0.15) is 0 Å². The van der Waals surface area contributed by atoms with Gasteiger partial charge in [0.2, 0.25) is 5.91 Å². The predicted molar refractivity (Wildman–Crippen MR) is 29.0 cm³/mol. The van der Waals surface area contributed by atoms with Crippen molar-refractivity contribution in [3.8, 4) is 0 Å². The smallest absolute Gasteiger partial charge is 0.226 e. The fraction of sp³-hybridized carbons (Fsp3) is 0.667. The van der Waals surface area contributed by atoms with E-state index in [9.17, 15) is 4.79 Å². The molecule has 2 fully saturated rings. The molecule has 0 bridgehead atoms. The highest BCUT2D eigenvalue weighted by molar-refractivity contribution is 5.89. The van der Waals surface area contributed by atoms with Gasteiger partial charge >= 0.3 is 0 Å². The zero-order chi connectivity index (χ0) is 5.61. The van der Waals surface area contributed by atoms with Crippen molar-refractivity contribution in [1.29, 1.82) is 0 Å². The molecule has 2 heteroatoms. The number of carbonyl (C=O) groups excluding carboxylic acids is 1. The Morgan fingerprint density at radius 1 is 1.75 bits per heavy atom. The maximum atomic E-state index is 10.8. The molecule has 1 radical (unpaired) electrons. The molecule has 1 aliphatic carbocycles. The topological polar surface area (TPSA) is 29.1 Å². The maximum absolute atomic E-state index is 10.8. The van der Waals surface area contributed by atoms with Crippen LogP contribution in [-0.2, 0) is 4.79 Å². The first kappa shape index (κ1) is 4.36. The van der Waals surface area contributed by atoms with E-state index in [1.165, 1.54) is 0 Å². The van der Waals surface area contributed by atoms with Crippen molar-refractivity contribution in [3.63, 3.8) is 0 Å². The molecule has 1 amide bonds. The third-order valence-corrected chi connectivity index (χ3v) is 2.01. The van der Waals surface area contributed by atoms with Gasteiger partial charge in [-0.15, -0.1) is 0 Å². The molecule has 2 rings (SSSR count). The van der Waals surface area contributed by atoms with Gasteiger partial charge in [0.25, 0.3) is 0 Å². The van der Waals surface area contributed by atoms with Gasteiger partial charge in [-0.25, -0.2) is 0 Å². The minimum absolute atomic E-state index is 0.0278. The van der Waals surface area contributed by atoms with E-state index in [1.807, 2.05) is 0 Å². The summed E-state index contributed by atoms with van der Waals surface area (Å²) in [7, 11) is 0. The van der Waals surface area contributed by atoms with Crippen LogP contribution in [0.4, 0.5) is 0 Å². The molecule has 1 N–H and O–H groups in total. The van der Waals surface area contributed by atoms with Crippen molar-refractivity contribution in [2.75, 3.05) is 6.54 Å². The van der Waals surface area contributed by atoms with Gasteiger partial charge in [0.05, 0.1) is 5.41 Å². The Hall–Kier alpha value is -0.530. The first-order valence-corrected chi connectivity index (χ1v) is 2.96. The van der Waals surface area contributed by atoms with Crippen LogP contribution in [0.15, 0.2) is 0 Å². The van der Waals surface area contributed by atoms with E-state index in [0.717, 1.165) is 19.4 Å². The Morgan fingerprint density at radius 3 is 2.75 bits per heavy atom. The van der Waals surface area contributed by atoms with Gasteiger partial charge < -0.3 is 5.32 Å². The van der Waals surface area contributed by atoms with Crippen molar-refractivity contribution in [2.45, 2.75) is 12.8 Å². The quantitative estimate of drug-likeness (QED) is 0.471. The summed E-state index contributed by atoms with van der Waals surface area (Å²) < 4.78 is 0. The minimum atomic E-state index is 0.0278. The monoisotopic (exact) mass is 110 g/mol. The molecule has 0 aromatic heterocycles. The van der Waals surface area contributed by atoms with Crippen molar-refractivity contribution < 1.29 is 4.79 Å². The zero-order valence-electron chi connectivity index (χ0n) is 4.61. The molecule has 1 heterocycles. The van der Waals surface area contributed by atoms with E-state index in [-0.39, 0.29) is 11.3 Å². The molecule has 1 atom stereocenters. The molecule has 43 valence electrons. The van der Waals surface area contributed by atoms with Crippen molar-refractivity contribution in [2.24, 2.45) is 5.41 Å². The second kappa shape index (κ2) is 1.07. The summed E-state index contributed by atoms with van der Waals surface area (Å²) in [4.78, 5) is 10.8. The van der Waals surface area contributed by atoms with Crippen molar-refractivity contribution >= 4 is 5.91 Å². The molecule has 0 aromatic rings. The summed E-state index contributed by atoms with van der Waals surface area (Å²) in [5.74, 6) is 0.248. The molecule has 1 spiro atoms. The highest BCUT2D eigenvalue weighted by Crippen LogP contribution is 2.49. The molecule has 1 unspecified atom stereocenters. The summed E-state index contributed by atoms with van der Waals surface area (Å²) in [5, 5.41) is 2.80. The van der Waals surface area contributed by atoms with Crippen molar-refractivity contribution in [3.05, 3.63) is 6.42 Å². The number of hydrogen-bond acceptors (Lipinski definition) is 1. The highest BCUT2D eigenvalue weighted by atomic mass is 16.2. The summed E-state index contributed by atoms with van der Waals surface area (Å²) in [6.07, 6.45) is 4.14. The number of hydrogen-bond donors (Lipinski definition) is 1. The fourth-order valence-corrected chi connectivity index (χ4v) is 1.20. The molecule has 2 nitrogen and oxygen atoms in total. The Morgan fingerprint density at radius 2 is 2.50 bits per heavy atom. The van der Waals surface area contributed by atoms with Crippen LogP contribution in [0.25, 0.3) is 0 Å². The van der Waals surface area contributed by atoms with Gasteiger partial charge in [-0.1, -0.05) is 0 Å². The minimum Gasteiger partial charge on any atom is -0.356 e. The second-order valence-corrected chi connectivity index (χ2v) is 2.57. The number of amides is 1. The predicted octanol–water partition coefficient (Wildman–Crippen LogP) is 0.101. The summed E-state index contributed by atoms with van der Waals surface area (Å²) in [6.45, 7) is 0.884. The first-order chi connectivity index (χ1) is 3.83. The van der Waals surface area contributed by atoms with Crippen LogP contribution in [0.3, 0.4) is 0 Å². The Bertz CT molecular complexity index is 137. The lowest BCUT2D eigenvalue weighted by Crippen LogP contribution is -2.19. The molecule has 1 saturated carbocycles. The van der Waals surface area contributed by atoms with Gasteiger partial charge in [-0.3, -0.25) is 4.79 Å². The maximum Gasteiger partial charge on any atom is 0.226 e. The molecular weight excluding hydrogens is 102 g/mol. The van der Waals surface area contributed by atoms with Crippen LogP contribution in [0.5, 0.6) is 0 Å². The van der Waals surface area contributed by atoms with E-state index in [2.05, 4.69) is 11.7 Å². The first-order valence-electron chi connectivity index (χ1n) is 2.96. The Kier molecular flexibility index (Phi) is 0.581. The highest BCUT2D eigenvalue weighted by Gasteiger charge is 2.52. The van der Waals surface area contributed by atoms with E-state index in [1.54, 1.807) is 0 Å². The molecule has 2 aliphatic rings. The van der Waals surface area contributed by atoms with Crippen LogP contribution in [0, 0.1) is 11.8 Å². The molecule has 8 heavy (non-hydrogen) atoms. The van der Waals surface area contributed by atoms with Crippen LogP contribution in [0.2, 0.25) is 0 Å². The fourth-order valence-electron chi connectivity index (χ4n) is 1.20. The van der Waals surface area contributed by atoms with E-state index in [0.29, 0.717) is 0 Å². The molecule has 1 saturated heterocycles. The molecule has 0 aromatic carbocycles. The Balaban J connectivity index is 2.23. The van der Waals surface area contributed by atoms with Gasteiger partial charge in [0.15, 0.2) is 0 Å². The van der Waals surface area contributed by atoms with Crippen LogP contribution in [-0.4, -0.2) is 12.5 Å². The van der Waals surface area contributed by atoms with Gasteiger partial charge in [0.1, 0.15) is 0 Å². The summed E-state index contributed by atoms with van der Waals surface area (Å²) in [6, 6.07) is 0. The van der Waals surface area contributed by atoms with Crippen LogP contribution >= 0.6 is 0 Å². The second-order valence-electron chi connectivity index (χ2n) is 2.57. The lowest BCUT2D eigenvalue weighted by molar-refractivity contribution is -0.123. The zero-order valence-corrected chi connectivity index (χ0v) is 4.61. The van der Waals surface area contributed by atoms with E-state index in [4.69, 9.17) is 0 Å². The number of carbonyl (C=O) groups is 1. The van der Waals surface area contributed by atoms with E-state index < -0.39 is 0 Å². The molecule has 1 aliphatic heterocycles. The van der Waals surface area contributed by atoms with Crippen molar-refractivity contribution in [1.82, 2.24) is 5.32 Å². The number of rotatable bonds is 0. The lowest BCUT2D eigenvalue weighted by atomic mass is 10.1. The number of nitrogens with one attached hydrogen (secondary N) is 1. The normalized spacial score (nSPS) is 30.8. The largest absolute Gasteiger partial charge is 0.356 e. The molecular formula is C6H8NO. The third-order valence-electron chi connectivity index (χ3n) is 2.01. The summed E-state index contributed by atoms with van der Waals surface area (Å²) >= 11 is 0. The average molecular weight is 110 g/mol. The van der Waals surface area contributed by atoms with Gasteiger partial charge in [0, 0.05) is 6.54 Å². The van der Waals surface area contributed by atoms with Crippen LogP contribution < -0.4 is 5.32 Å².